The molecule has 24 heavy (non-hydrogen) atoms. The SMILES string of the molecule is Cc1cc(CN2CCN(C(=O)[C@@H]3CC[C@H](CN)O3)CC2)on1.Cl.Cl. The normalized spacial score (nSPS) is 24.3. The topological polar surface area (TPSA) is 84.8 Å². The molecule has 2 N–H and O–H groups in total. The van der Waals surface area contributed by atoms with E-state index in [1.165, 1.54) is 0 Å². The number of carbonyl (C=O) groups excluding carboxylic acids is 1. The van der Waals surface area contributed by atoms with E-state index < -0.39 is 0 Å². The first kappa shape index (κ1) is 21.2. The molecule has 2 atom stereocenters. The van der Waals surface area contributed by atoms with E-state index in [9.17, 15) is 4.79 Å². The van der Waals surface area contributed by atoms with Crippen LogP contribution < -0.4 is 5.73 Å². The van der Waals surface area contributed by atoms with E-state index in [1.807, 2.05) is 17.9 Å². The van der Waals surface area contributed by atoms with Crippen LogP contribution in [0.15, 0.2) is 10.6 Å². The van der Waals surface area contributed by atoms with Gasteiger partial charge in [-0.15, -0.1) is 24.8 Å². The van der Waals surface area contributed by atoms with Crippen molar-refractivity contribution in [2.75, 3.05) is 32.7 Å². The zero-order valence-corrected chi connectivity index (χ0v) is 15.5. The lowest BCUT2D eigenvalue weighted by Crippen LogP contribution is -2.51. The lowest BCUT2D eigenvalue weighted by atomic mass is 10.1. The number of ether oxygens (including phenoxy) is 1. The third-order valence-corrected chi connectivity index (χ3v) is 4.39. The highest BCUT2D eigenvalue weighted by atomic mass is 35.5. The predicted octanol–water partition coefficient (Wildman–Crippen LogP) is 0.977. The van der Waals surface area contributed by atoms with Gasteiger partial charge in [-0.3, -0.25) is 9.69 Å². The van der Waals surface area contributed by atoms with Gasteiger partial charge in [0.05, 0.1) is 18.3 Å². The number of nitrogens with two attached hydrogens (primary N) is 1. The second-order valence-corrected chi connectivity index (χ2v) is 6.10. The molecule has 0 saturated carbocycles. The first-order valence-corrected chi connectivity index (χ1v) is 7.94. The van der Waals surface area contributed by atoms with Crippen molar-refractivity contribution < 1.29 is 14.1 Å². The quantitative estimate of drug-likeness (QED) is 0.837. The van der Waals surface area contributed by atoms with Gasteiger partial charge in [0, 0.05) is 38.8 Å². The van der Waals surface area contributed by atoms with Crippen LogP contribution >= 0.6 is 24.8 Å². The fourth-order valence-corrected chi connectivity index (χ4v) is 3.10. The van der Waals surface area contributed by atoms with Crippen molar-refractivity contribution in [1.82, 2.24) is 15.0 Å². The van der Waals surface area contributed by atoms with E-state index >= 15 is 0 Å². The summed E-state index contributed by atoms with van der Waals surface area (Å²) < 4.78 is 10.9. The Morgan fingerprint density at radius 3 is 2.54 bits per heavy atom. The Morgan fingerprint density at radius 1 is 1.29 bits per heavy atom. The maximum atomic E-state index is 12.4. The predicted molar refractivity (Wildman–Crippen MR) is 94.5 cm³/mol. The molecule has 1 aromatic rings. The van der Waals surface area contributed by atoms with Crippen LogP contribution in [0.3, 0.4) is 0 Å². The lowest BCUT2D eigenvalue weighted by molar-refractivity contribution is -0.144. The van der Waals surface area contributed by atoms with E-state index in [0.29, 0.717) is 6.54 Å². The third-order valence-electron chi connectivity index (χ3n) is 4.39. The number of amides is 1. The molecule has 138 valence electrons. The minimum absolute atomic E-state index is 0. The summed E-state index contributed by atoms with van der Waals surface area (Å²) in [4.78, 5) is 16.6. The largest absolute Gasteiger partial charge is 0.364 e. The van der Waals surface area contributed by atoms with Crippen LogP contribution in [0, 0.1) is 6.92 Å². The molecule has 3 heterocycles. The summed E-state index contributed by atoms with van der Waals surface area (Å²) in [5.41, 5.74) is 6.50. The number of rotatable bonds is 4. The molecule has 0 aromatic carbocycles. The molecule has 0 aliphatic carbocycles. The summed E-state index contributed by atoms with van der Waals surface area (Å²) in [6.45, 7) is 6.32. The molecule has 9 heteroatoms. The van der Waals surface area contributed by atoms with E-state index in [0.717, 1.165) is 57.0 Å². The molecule has 2 aliphatic heterocycles. The van der Waals surface area contributed by atoms with Crippen LogP contribution in [0.25, 0.3) is 0 Å². The number of halogens is 2. The van der Waals surface area contributed by atoms with Crippen LogP contribution in [-0.4, -0.2) is 65.8 Å². The van der Waals surface area contributed by atoms with Crippen molar-refractivity contribution in [3.8, 4) is 0 Å². The van der Waals surface area contributed by atoms with Gasteiger partial charge in [0.15, 0.2) is 5.76 Å². The van der Waals surface area contributed by atoms with Gasteiger partial charge in [-0.05, 0) is 19.8 Å². The summed E-state index contributed by atoms with van der Waals surface area (Å²) in [5, 5.41) is 3.90. The average molecular weight is 381 g/mol. The number of aryl methyl sites for hydroxylation is 1. The third kappa shape index (κ3) is 5.07. The summed E-state index contributed by atoms with van der Waals surface area (Å²) in [6.07, 6.45) is 1.43. The lowest BCUT2D eigenvalue weighted by Gasteiger charge is -2.35. The van der Waals surface area contributed by atoms with Crippen LogP contribution in [0.5, 0.6) is 0 Å². The van der Waals surface area contributed by atoms with Crippen molar-refractivity contribution >= 4 is 30.7 Å². The van der Waals surface area contributed by atoms with Crippen LogP contribution in [0.1, 0.15) is 24.3 Å². The molecule has 0 unspecified atom stereocenters. The molecule has 0 spiro atoms. The van der Waals surface area contributed by atoms with Gasteiger partial charge < -0.3 is 19.9 Å². The molecular formula is C15H26Cl2N4O3. The van der Waals surface area contributed by atoms with Gasteiger partial charge in [-0.2, -0.15) is 0 Å². The summed E-state index contributed by atoms with van der Waals surface area (Å²) in [5.74, 6) is 0.994. The van der Waals surface area contributed by atoms with Crippen molar-refractivity contribution in [1.29, 1.82) is 0 Å². The maximum Gasteiger partial charge on any atom is 0.251 e. The molecule has 1 amide bonds. The van der Waals surface area contributed by atoms with Crippen molar-refractivity contribution in [2.45, 2.75) is 38.5 Å². The van der Waals surface area contributed by atoms with Crippen molar-refractivity contribution in [3.63, 3.8) is 0 Å². The fraction of sp³-hybridized carbons (Fsp3) is 0.733. The molecule has 3 rings (SSSR count). The molecule has 0 bridgehead atoms. The summed E-state index contributed by atoms with van der Waals surface area (Å²) in [6, 6.07) is 1.96. The minimum atomic E-state index is -0.294. The second-order valence-electron chi connectivity index (χ2n) is 6.10. The molecule has 2 aliphatic rings. The van der Waals surface area contributed by atoms with E-state index in [1.54, 1.807) is 0 Å². The monoisotopic (exact) mass is 380 g/mol. The Morgan fingerprint density at radius 2 is 2.00 bits per heavy atom. The van der Waals surface area contributed by atoms with E-state index in [2.05, 4.69) is 10.1 Å². The van der Waals surface area contributed by atoms with Gasteiger partial charge in [0.25, 0.3) is 5.91 Å². The van der Waals surface area contributed by atoms with Crippen molar-refractivity contribution in [3.05, 3.63) is 17.5 Å². The Bertz CT molecular complexity index is 521. The zero-order chi connectivity index (χ0) is 15.5. The Hall–Kier alpha value is -0.860. The highest BCUT2D eigenvalue weighted by molar-refractivity contribution is 5.85. The minimum Gasteiger partial charge on any atom is -0.364 e. The molecule has 2 saturated heterocycles. The molecular weight excluding hydrogens is 355 g/mol. The van der Waals surface area contributed by atoms with Gasteiger partial charge in [0.1, 0.15) is 6.10 Å². The molecule has 7 nitrogen and oxygen atoms in total. The Balaban J connectivity index is 0.00000144. The number of hydrogen-bond donors (Lipinski definition) is 1. The maximum absolute atomic E-state index is 12.4. The van der Waals surface area contributed by atoms with Crippen LogP contribution in [0.4, 0.5) is 0 Å². The highest BCUT2D eigenvalue weighted by Gasteiger charge is 2.34. The van der Waals surface area contributed by atoms with Crippen LogP contribution in [-0.2, 0) is 16.1 Å². The van der Waals surface area contributed by atoms with E-state index in [4.69, 9.17) is 15.0 Å². The number of carbonyl (C=O) groups is 1. The van der Waals surface area contributed by atoms with Crippen molar-refractivity contribution in [2.24, 2.45) is 5.73 Å². The highest BCUT2D eigenvalue weighted by Crippen LogP contribution is 2.21. The summed E-state index contributed by atoms with van der Waals surface area (Å²) >= 11 is 0. The van der Waals surface area contributed by atoms with Gasteiger partial charge in [-0.1, -0.05) is 5.16 Å². The Kier molecular flexibility index (Phi) is 8.45. The number of nitrogens with zero attached hydrogens (tertiary/aromatic N) is 3. The first-order valence-electron chi connectivity index (χ1n) is 7.94. The number of hydrogen-bond acceptors (Lipinski definition) is 6. The molecule has 1 aromatic heterocycles. The van der Waals surface area contributed by atoms with Gasteiger partial charge >= 0.3 is 0 Å². The summed E-state index contributed by atoms with van der Waals surface area (Å²) in [7, 11) is 0. The average Bonchev–Trinajstić information content (AvgIpc) is 3.16. The zero-order valence-electron chi connectivity index (χ0n) is 13.8. The Labute approximate surface area is 154 Å². The molecule has 2 fully saturated rings. The smallest absolute Gasteiger partial charge is 0.251 e. The standard InChI is InChI=1S/C15H24N4O3.2ClH/c1-11-8-13(22-17-11)10-18-4-6-19(7-5-18)15(20)14-3-2-12(9-16)21-14;;/h8,12,14H,2-7,9-10,16H2,1H3;2*1H/t12-,14+;;/m1../s1. The first-order chi connectivity index (χ1) is 10.7. The van der Waals surface area contributed by atoms with Gasteiger partial charge in [0.2, 0.25) is 0 Å². The van der Waals surface area contributed by atoms with Gasteiger partial charge in [-0.25, -0.2) is 0 Å². The second kappa shape index (κ2) is 9.58. The van der Waals surface area contributed by atoms with Crippen LogP contribution in [0.2, 0.25) is 0 Å². The van der Waals surface area contributed by atoms with E-state index in [-0.39, 0.29) is 42.9 Å². The number of piperazine rings is 1. The fourth-order valence-electron chi connectivity index (χ4n) is 3.10. The molecule has 0 radical (unpaired) electrons. The number of aromatic nitrogens is 1.